The van der Waals surface area contributed by atoms with E-state index >= 15 is 0 Å². The molecule has 1 N–H and O–H groups in total. The normalized spacial score (nSPS) is 12.8. The van der Waals surface area contributed by atoms with Crippen molar-refractivity contribution in [1.82, 2.24) is 0 Å². The van der Waals surface area contributed by atoms with E-state index in [4.69, 9.17) is 11.6 Å². The van der Waals surface area contributed by atoms with Crippen LogP contribution in [0.3, 0.4) is 0 Å². The highest BCUT2D eigenvalue weighted by Crippen LogP contribution is 2.36. The van der Waals surface area contributed by atoms with Gasteiger partial charge in [-0.2, -0.15) is 0 Å². The minimum atomic E-state index is -1.14. The van der Waals surface area contributed by atoms with Crippen LogP contribution in [-0.4, -0.2) is 5.11 Å². The standard InChI is InChI=1S/C15H8BrClF2OS/c16-10-6-12(19)9(5-11(10)17)15(20)14-3-7-1-2-8(18)4-13(7)21-14/h1-6,15,20H. The molecule has 1 unspecified atom stereocenters. The van der Waals surface area contributed by atoms with E-state index in [1.165, 1.54) is 35.6 Å². The van der Waals surface area contributed by atoms with Gasteiger partial charge in [0, 0.05) is 19.6 Å². The Labute approximate surface area is 136 Å². The maximum absolute atomic E-state index is 14.0. The third-order valence-corrected chi connectivity index (χ3v) is 5.45. The molecule has 1 nitrogen and oxygen atoms in total. The minimum Gasteiger partial charge on any atom is -0.383 e. The van der Waals surface area contributed by atoms with Gasteiger partial charge < -0.3 is 5.11 Å². The summed E-state index contributed by atoms with van der Waals surface area (Å²) in [6.07, 6.45) is -1.14. The summed E-state index contributed by atoms with van der Waals surface area (Å²) >= 11 is 10.3. The average molecular weight is 390 g/mol. The van der Waals surface area contributed by atoms with Gasteiger partial charge in [0.15, 0.2) is 0 Å². The number of aliphatic hydroxyl groups excluding tert-OH is 1. The van der Waals surface area contributed by atoms with E-state index in [0.29, 0.717) is 19.1 Å². The minimum absolute atomic E-state index is 0.0928. The number of fused-ring (bicyclic) bond motifs is 1. The molecular weight excluding hydrogens is 382 g/mol. The van der Waals surface area contributed by atoms with Gasteiger partial charge in [-0.1, -0.05) is 17.7 Å². The van der Waals surface area contributed by atoms with Gasteiger partial charge in [-0.25, -0.2) is 8.78 Å². The molecule has 2 aromatic carbocycles. The fourth-order valence-corrected chi connectivity index (χ4v) is 3.64. The van der Waals surface area contributed by atoms with E-state index in [1.807, 2.05) is 0 Å². The van der Waals surface area contributed by atoms with E-state index in [9.17, 15) is 13.9 Å². The van der Waals surface area contributed by atoms with Crippen LogP contribution in [-0.2, 0) is 0 Å². The molecule has 3 aromatic rings. The maximum atomic E-state index is 14.0. The Hall–Kier alpha value is -1.01. The first kappa shape index (κ1) is 14.9. The third kappa shape index (κ3) is 2.83. The van der Waals surface area contributed by atoms with Crippen LogP contribution < -0.4 is 0 Å². The molecule has 1 atom stereocenters. The Morgan fingerprint density at radius 2 is 1.90 bits per heavy atom. The molecule has 1 heterocycles. The Kier molecular flexibility index (Phi) is 4.01. The number of thiophene rings is 1. The largest absolute Gasteiger partial charge is 0.383 e. The predicted molar refractivity (Wildman–Crippen MR) is 85.0 cm³/mol. The Balaban J connectivity index is 2.07. The second-order valence-corrected chi connectivity index (χ2v) is 6.90. The SMILES string of the molecule is OC(c1cc2ccc(F)cc2s1)c1cc(Cl)c(Br)cc1F. The van der Waals surface area contributed by atoms with Crippen molar-refractivity contribution in [2.24, 2.45) is 0 Å². The molecule has 21 heavy (non-hydrogen) atoms. The first-order chi connectivity index (χ1) is 9.95. The summed E-state index contributed by atoms with van der Waals surface area (Å²) in [7, 11) is 0. The van der Waals surface area contributed by atoms with Gasteiger partial charge in [0.25, 0.3) is 0 Å². The number of halogens is 4. The van der Waals surface area contributed by atoms with Gasteiger partial charge in [0.2, 0.25) is 0 Å². The van der Waals surface area contributed by atoms with Gasteiger partial charge >= 0.3 is 0 Å². The molecule has 3 rings (SSSR count). The zero-order valence-corrected chi connectivity index (χ0v) is 13.6. The lowest BCUT2D eigenvalue weighted by Crippen LogP contribution is -2.00. The van der Waals surface area contributed by atoms with Crippen molar-refractivity contribution in [1.29, 1.82) is 0 Å². The second kappa shape index (κ2) is 5.65. The number of benzene rings is 2. The number of hydrogen-bond donors (Lipinski definition) is 1. The van der Waals surface area contributed by atoms with Crippen molar-refractivity contribution >= 4 is 49.0 Å². The lowest BCUT2D eigenvalue weighted by atomic mass is 10.1. The molecule has 1 aromatic heterocycles. The molecule has 108 valence electrons. The highest BCUT2D eigenvalue weighted by atomic mass is 79.9. The second-order valence-electron chi connectivity index (χ2n) is 4.52. The van der Waals surface area contributed by atoms with Crippen LogP contribution >= 0.6 is 38.9 Å². The molecule has 0 bridgehead atoms. The van der Waals surface area contributed by atoms with Crippen molar-refractivity contribution < 1.29 is 13.9 Å². The van der Waals surface area contributed by atoms with Crippen LogP contribution in [0.15, 0.2) is 40.9 Å². The van der Waals surface area contributed by atoms with Crippen molar-refractivity contribution in [3.63, 3.8) is 0 Å². The van der Waals surface area contributed by atoms with Crippen LogP contribution in [0.1, 0.15) is 16.5 Å². The fourth-order valence-electron chi connectivity index (χ4n) is 2.06. The van der Waals surface area contributed by atoms with E-state index < -0.39 is 11.9 Å². The zero-order chi connectivity index (χ0) is 15.1. The molecule has 0 fully saturated rings. The van der Waals surface area contributed by atoms with Crippen LogP contribution in [0.5, 0.6) is 0 Å². The summed E-state index contributed by atoms with van der Waals surface area (Å²) in [5, 5.41) is 11.5. The molecule has 0 aliphatic rings. The number of aliphatic hydroxyl groups is 1. The molecule has 6 heteroatoms. The third-order valence-electron chi connectivity index (χ3n) is 3.10. The molecule has 0 spiro atoms. The van der Waals surface area contributed by atoms with Crippen LogP contribution in [0, 0.1) is 11.6 Å². The van der Waals surface area contributed by atoms with Crippen LogP contribution in [0.25, 0.3) is 10.1 Å². The molecule has 0 amide bonds. The van der Waals surface area contributed by atoms with Gasteiger partial charge in [-0.3, -0.25) is 0 Å². The van der Waals surface area contributed by atoms with Crippen LogP contribution in [0.2, 0.25) is 5.02 Å². The average Bonchev–Trinajstić information content (AvgIpc) is 2.85. The summed E-state index contributed by atoms with van der Waals surface area (Å²) in [6, 6.07) is 8.69. The lowest BCUT2D eigenvalue weighted by molar-refractivity contribution is 0.219. The monoisotopic (exact) mass is 388 g/mol. The molecule has 0 aliphatic carbocycles. The van der Waals surface area contributed by atoms with Crippen molar-refractivity contribution in [3.05, 3.63) is 68.0 Å². The van der Waals surface area contributed by atoms with Gasteiger partial charge in [-0.15, -0.1) is 11.3 Å². The molecule has 0 saturated carbocycles. The van der Waals surface area contributed by atoms with Crippen molar-refractivity contribution in [2.45, 2.75) is 6.10 Å². The van der Waals surface area contributed by atoms with Crippen molar-refractivity contribution in [2.75, 3.05) is 0 Å². The summed E-state index contributed by atoms with van der Waals surface area (Å²) in [5.74, 6) is -0.898. The molecule has 0 aliphatic heterocycles. The molecule has 0 saturated heterocycles. The maximum Gasteiger partial charge on any atom is 0.130 e. The van der Waals surface area contributed by atoms with Crippen LogP contribution in [0.4, 0.5) is 8.78 Å². The van der Waals surface area contributed by atoms with Gasteiger partial charge in [0.1, 0.15) is 17.7 Å². The van der Waals surface area contributed by atoms with Crippen molar-refractivity contribution in [3.8, 4) is 0 Å². The first-order valence-electron chi connectivity index (χ1n) is 5.97. The topological polar surface area (TPSA) is 20.2 Å². The first-order valence-corrected chi connectivity index (χ1v) is 7.96. The summed E-state index contributed by atoms with van der Waals surface area (Å²) in [5.41, 5.74) is 0.0928. The number of hydrogen-bond acceptors (Lipinski definition) is 2. The summed E-state index contributed by atoms with van der Waals surface area (Å²) in [4.78, 5) is 0.535. The summed E-state index contributed by atoms with van der Waals surface area (Å²) < 4.78 is 28.3. The van der Waals surface area contributed by atoms with E-state index in [-0.39, 0.29) is 11.4 Å². The van der Waals surface area contributed by atoms with E-state index in [1.54, 1.807) is 12.1 Å². The predicted octanol–water partition coefficient (Wildman–Crippen LogP) is 5.68. The zero-order valence-electron chi connectivity index (χ0n) is 10.4. The highest BCUT2D eigenvalue weighted by Gasteiger charge is 2.19. The quantitative estimate of drug-likeness (QED) is 0.559. The summed E-state index contributed by atoms with van der Waals surface area (Å²) in [6.45, 7) is 0. The fraction of sp³-hybridized carbons (Fsp3) is 0.0667. The molecular formula is C15H8BrClF2OS. The van der Waals surface area contributed by atoms with Gasteiger partial charge in [0.05, 0.1) is 5.02 Å². The Morgan fingerprint density at radius 3 is 2.67 bits per heavy atom. The Bertz CT molecular complexity index is 834. The van der Waals surface area contributed by atoms with E-state index in [0.717, 1.165) is 5.39 Å². The smallest absolute Gasteiger partial charge is 0.130 e. The lowest BCUT2D eigenvalue weighted by Gasteiger charge is -2.11. The highest BCUT2D eigenvalue weighted by molar-refractivity contribution is 9.10. The van der Waals surface area contributed by atoms with Gasteiger partial charge in [-0.05, 0) is 51.6 Å². The number of rotatable bonds is 2. The molecule has 0 radical (unpaired) electrons. The van der Waals surface area contributed by atoms with E-state index in [2.05, 4.69) is 15.9 Å². The Morgan fingerprint density at radius 1 is 1.14 bits per heavy atom.